The average molecular weight is 429 g/mol. The monoisotopic (exact) mass is 428 g/mol. The van der Waals surface area contributed by atoms with Crippen LogP contribution in [0.5, 0.6) is 0 Å². The maximum Gasteiger partial charge on any atom is 0.145 e. The molecule has 0 aliphatic heterocycles. The molecule has 0 aromatic heterocycles. The maximum absolute atomic E-state index is 13.5. The lowest BCUT2D eigenvalue weighted by atomic mass is 9.42. The number of Topliss-reactive ketones (excluding diaryl/α,β-unsaturated/α-hetero) is 1. The van der Waals surface area contributed by atoms with Gasteiger partial charge in [-0.05, 0) is 94.3 Å². The van der Waals surface area contributed by atoms with Gasteiger partial charge in [0.2, 0.25) is 0 Å². The van der Waals surface area contributed by atoms with Crippen LogP contribution in [0.15, 0.2) is 0 Å². The molecular formula is C30H52O. The second-order valence-corrected chi connectivity index (χ2v) is 12.6. The minimum absolute atomic E-state index is 0.142. The van der Waals surface area contributed by atoms with Gasteiger partial charge in [-0.3, -0.25) is 4.79 Å². The third-order valence-corrected chi connectivity index (χ3v) is 10.7. The average Bonchev–Trinajstić information content (AvgIpc) is 2.82. The van der Waals surface area contributed by atoms with Gasteiger partial charge in [-0.2, -0.15) is 0 Å². The van der Waals surface area contributed by atoms with E-state index in [2.05, 4.69) is 13.8 Å². The van der Waals surface area contributed by atoms with Gasteiger partial charge in [0.25, 0.3) is 0 Å². The zero-order valence-electron chi connectivity index (χ0n) is 21.1. The first-order valence-corrected chi connectivity index (χ1v) is 14.7. The van der Waals surface area contributed by atoms with Gasteiger partial charge < -0.3 is 0 Å². The van der Waals surface area contributed by atoms with E-state index >= 15 is 0 Å². The number of hydrogen-bond donors (Lipinski definition) is 0. The van der Waals surface area contributed by atoms with Crippen molar-refractivity contribution in [3.8, 4) is 0 Å². The lowest BCUT2D eigenvalue weighted by Gasteiger charge is -2.59. The molecule has 2 spiro atoms. The van der Waals surface area contributed by atoms with Crippen molar-refractivity contribution in [3.63, 3.8) is 0 Å². The molecule has 0 amide bonds. The minimum Gasteiger partial charge on any atom is -0.298 e. The number of rotatable bonds is 9. The van der Waals surface area contributed by atoms with Crippen LogP contribution in [-0.4, -0.2) is 5.78 Å². The normalized spacial score (nSPS) is 40.9. The summed E-state index contributed by atoms with van der Waals surface area (Å²) in [6, 6.07) is 0. The van der Waals surface area contributed by atoms with Gasteiger partial charge in [-0.15, -0.1) is 0 Å². The minimum atomic E-state index is 0.142. The van der Waals surface area contributed by atoms with Crippen molar-refractivity contribution in [2.75, 3.05) is 0 Å². The highest BCUT2D eigenvalue weighted by molar-refractivity contribution is 5.96. The summed E-state index contributed by atoms with van der Waals surface area (Å²) in [5.74, 6) is 4.63. The Morgan fingerprint density at radius 2 is 1.13 bits per heavy atom. The molecular weight excluding hydrogens is 376 g/mol. The van der Waals surface area contributed by atoms with Crippen molar-refractivity contribution in [2.45, 2.75) is 149 Å². The Bertz CT molecular complexity index is 553. The predicted octanol–water partition coefficient (Wildman–Crippen LogP) is 9.28. The van der Waals surface area contributed by atoms with Gasteiger partial charge in [-0.25, -0.2) is 0 Å². The van der Waals surface area contributed by atoms with Crippen LogP contribution in [0.3, 0.4) is 0 Å². The number of hydrogen-bond acceptors (Lipinski definition) is 1. The van der Waals surface area contributed by atoms with Crippen molar-refractivity contribution in [1.29, 1.82) is 0 Å². The van der Waals surface area contributed by atoms with Crippen LogP contribution in [0.4, 0.5) is 0 Å². The highest BCUT2D eigenvalue weighted by atomic mass is 16.1. The molecule has 0 bridgehead atoms. The maximum atomic E-state index is 13.5. The van der Waals surface area contributed by atoms with Crippen molar-refractivity contribution < 1.29 is 4.79 Å². The summed E-state index contributed by atoms with van der Waals surface area (Å²) in [5, 5.41) is 0. The van der Waals surface area contributed by atoms with Crippen molar-refractivity contribution in [3.05, 3.63) is 0 Å². The highest BCUT2D eigenvalue weighted by Crippen LogP contribution is 2.64. The summed E-state index contributed by atoms with van der Waals surface area (Å²) in [5.41, 5.74) is 0.285. The topological polar surface area (TPSA) is 17.1 Å². The predicted molar refractivity (Wildman–Crippen MR) is 132 cm³/mol. The molecule has 1 nitrogen and oxygen atoms in total. The van der Waals surface area contributed by atoms with Gasteiger partial charge in [-0.1, -0.05) is 78.1 Å². The smallest absolute Gasteiger partial charge is 0.145 e. The lowest BCUT2D eigenvalue weighted by Crippen LogP contribution is -2.59. The summed E-state index contributed by atoms with van der Waals surface area (Å²) in [6.07, 6.45) is 28.9. The summed E-state index contributed by atoms with van der Waals surface area (Å²) < 4.78 is 0. The van der Waals surface area contributed by atoms with Crippen molar-refractivity contribution in [1.82, 2.24) is 0 Å². The first-order chi connectivity index (χ1) is 15.1. The van der Waals surface area contributed by atoms with E-state index in [1.54, 1.807) is 0 Å². The van der Waals surface area contributed by atoms with Crippen molar-refractivity contribution in [2.24, 2.45) is 34.5 Å². The van der Waals surface area contributed by atoms with E-state index in [1.165, 1.54) is 135 Å². The largest absolute Gasteiger partial charge is 0.298 e. The van der Waals surface area contributed by atoms with Gasteiger partial charge in [0.15, 0.2) is 0 Å². The molecule has 4 rings (SSSR count). The number of carbonyl (C=O) groups excluding carboxylic acids is 1. The highest BCUT2D eigenvalue weighted by Gasteiger charge is 2.63. The Balaban J connectivity index is 1.18. The van der Waals surface area contributed by atoms with Crippen LogP contribution >= 0.6 is 0 Å². The van der Waals surface area contributed by atoms with Crippen LogP contribution in [0.25, 0.3) is 0 Å². The quantitative estimate of drug-likeness (QED) is 0.334. The molecule has 0 aromatic rings. The number of ketones is 1. The van der Waals surface area contributed by atoms with Crippen LogP contribution in [0.2, 0.25) is 0 Å². The van der Waals surface area contributed by atoms with Gasteiger partial charge >= 0.3 is 0 Å². The van der Waals surface area contributed by atoms with Gasteiger partial charge in [0, 0.05) is 10.8 Å². The second-order valence-electron chi connectivity index (χ2n) is 12.6. The zero-order chi connectivity index (χ0) is 21.7. The number of carbonyl (C=O) groups is 1. The van der Waals surface area contributed by atoms with Crippen LogP contribution in [0, 0.1) is 34.5 Å². The molecule has 4 saturated carbocycles. The standard InChI is InChI=1S/C30H52O/c1-3-5-7-8-10-25-15-19-29(20-16-25)23-30(28(29)31)21-17-27(18-22-30)26-13-11-24(12-14-26)9-6-4-2/h24-27H,3-23H2,1-2H3. The molecule has 4 fully saturated rings. The fraction of sp³-hybridized carbons (Fsp3) is 0.967. The lowest BCUT2D eigenvalue weighted by molar-refractivity contribution is -0.169. The first-order valence-electron chi connectivity index (χ1n) is 14.7. The number of unbranched alkanes of at least 4 members (excludes halogenated alkanes) is 4. The fourth-order valence-electron chi connectivity index (χ4n) is 8.56. The molecule has 0 unspecified atom stereocenters. The van der Waals surface area contributed by atoms with E-state index in [-0.39, 0.29) is 10.8 Å². The molecule has 4 aliphatic rings. The van der Waals surface area contributed by atoms with Crippen LogP contribution < -0.4 is 0 Å². The van der Waals surface area contributed by atoms with E-state index < -0.39 is 0 Å². The Kier molecular flexibility index (Phi) is 8.24. The summed E-state index contributed by atoms with van der Waals surface area (Å²) in [7, 11) is 0. The van der Waals surface area contributed by atoms with Crippen molar-refractivity contribution >= 4 is 5.78 Å². The Morgan fingerprint density at radius 1 is 0.613 bits per heavy atom. The molecule has 31 heavy (non-hydrogen) atoms. The third-order valence-electron chi connectivity index (χ3n) is 10.7. The Morgan fingerprint density at radius 3 is 1.71 bits per heavy atom. The van der Waals surface area contributed by atoms with Crippen LogP contribution in [-0.2, 0) is 4.79 Å². The zero-order valence-corrected chi connectivity index (χ0v) is 21.1. The molecule has 0 heterocycles. The molecule has 0 aromatic carbocycles. The fourth-order valence-corrected chi connectivity index (χ4v) is 8.56. The summed E-state index contributed by atoms with van der Waals surface area (Å²) >= 11 is 0. The van der Waals surface area contributed by atoms with Crippen LogP contribution in [0.1, 0.15) is 149 Å². The molecule has 0 atom stereocenters. The molecule has 0 N–H and O–H groups in total. The van der Waals surface area contributed by atoms with Gasteiger partial charge in [0.05, 0.1) is 0 Å². The van der Waals surface area contributed by atoms with Gasteiger partial charge in [0.1, 0.15) is 5.78 Å². The third kappa shape index (κ3) is 5.27. The Hall–Kier alpha value is -0.330. The van der Waals surface area contributed by atoms with E-state index in [4.69, 9.17) is 0 Å². The molecule has 178 valence electrons. The Labute approximate surface area is 193 Å². The van der Waals surface area contributed by atoms with E-state index in [0.29, 0.717) is 0 Å². The van der Waals surface area contributed by atoms with E-state index in [0.717, 1.165) is 29.5 Å². The van der Waals surface area contributed by atoms with E-state index in [9.17, 15) is 4.79 Å². The second kappa shape index (κ2) is 10.7. The SMILES string of the molecule is CCCCCCC1CCC2(CC1)CC1(CCC(C3CCC(CCCC)CC3)CC1)C2=O. The summed E-state index contributed by atoms with van der Waals surface area (Å²) in [6.45, 7) is 4.63. The molecule has 0 radical (unpaired) electrons. The molecule has 1 heteroatoms. The first kappa shape index (κ1) is 23.8. The molecule has 4 aliphatic carbocycles. The summed E-state index contributed by atoms with van der Waals surface area (Å²) in [4.78, 5) is 13.5. The van der Waals surface area contributed by atoms with E-state index in [1.807, 2.05) is 0 Å². The molecule has 0 saturated heterocycles.